The molecule has 0 aliphatic carbocycles. The number of para-hydroxylation sites is 1. The summed E-state index contributed by atoms with van der Waals surface area (Å²) in [5, 5.41) is 10.2. The summed E-state index contributed by atoms with van der Waals surface area (Å²) in [7, 11) is 0. The number of β-amino-alcohol motifs (C(OH)–C–C–N with tert-alkyl or cyclic N) is 1. The van der Waals surface area contributed by atoms with Crippen molar-refractivity contribution in [1.29, 1.82) is 0 Å². The van der Waals surface area contributed by atoms with Gasteiger partial charge in [0.2, 0.25) is 0 Å². The molecule has 1 aliphatic rings. The topological polar surface area (TPSA) is 51.2 Å². The summed E-state index contributed by atoms with van der Waals surface area (Å²) in [6.07, 6.45) is -0.528. The summed E-state index contributed by atoms with van der Waals surface area (Å²) < 4.78 is 17.2. The fraction of sp³-hybridized carbons (Fsp3) is 0.429. The molecule has 1 N–H and O–H groups in total. The van der Waals surface area contributed by atoms with Crippen molar-refractivity contribution in [1.82, 2.24) is 4.90 Å². The zero-order valence-electron chi connectivity index (χ0n) is 15.2. The number of aliphatic hydroxyl groups is 1. The number of rotatable bonds is 8. The molecule has 2 aromatic rings. The maximum Gasteiger partial charge on any atom is 0.119 e. The standard InChI is InChI=1S/C21H27NO4/c1-17-7-9-20(10-8-17)26-16-21-14-22(11-12-24-21)13-18(23)15-25-19-5-3-2-4-6-19/h2-10,18,21,23H,11-16H2,1H3/t18-,21+/m0/s1. The van der Waals surface area contributed by atoms with Gasteiger partial charge in [-0.25, -0.2) is 0 Å². The van der Waals surface area contributed by atoms with Gasteiger partial charge < -0.3 is 19.3 Å². The summed E-state index contributed by atoms with van der Waals surface area (Å²) in [5.74, 6) is 1.63. The summed E-state index contributed by atoms with van der Waals surface area (Å²) in [4.78, 5) is 2.20. The van der Waals surface area contributed by atoms with E-state index in [4.69, 9.17) is 14.2 Å². The number of ether oxygens (including phenoxy) is 3. The molecule has 26 heavy (non-hydrogen) atoms. The average molecular weight is 357 g/mol. The van der Waals surface area contributed by atoms with Crippen LogP contribution in [0.2, 0.25) is 0 Å². The largest absolute Gasteiger partial charge is 0.491 e. The second-order valence-electron chi connectivity index (χ2n) is 6.65. The minimum Gasteiger partial charge on any atom is -0.491 e. The van der Waals surface area contributed by atoms with Crippen LogP contribution in [0.3, 0.4) is 0 Å². The van der Waals surface area contributed by atoms with Crippen molar-refractivity contribution in [3.05, 3.63) is 60.2 Å². The molecule has 0 radical (unpaired) electrons. The first-order chi connectivity index (χ1) is 12.7. The van der Waals surface area contributed by atoms with E-state index >= 15 is 0 Å². The predicted molar refractivity (Wildman–Crippen MR) is 101 cm³/mol. The van der Waals surface area contributed by atoms with Crippen LogP contribution < -0.4 is 9.47 Å². The number of benzene rings is 2. The van der Waals surface area contributed by atoms with Crippen LogP contribution in [0, 0.1) is 6.92 Å². The SMILES string of the molecule is Cc1ccc(OC[C@H]2CN(C[C@H](O)COc3ccccc3)CCO2)cc1. The molecule has 1 aliphatic heterocycles. The second kappa shape index (κ2) is 9.57. The Morgan fingerprint density at radius 1 is 1.08 bits per heavy atom. The summed E-state index contributed by atoms with van der Waals surface area (Å²) >= 11 is 0. The number of hydrogen-bond acceptors (Lipinski definition) is 5. The number of aliphatic hydroxyl groups excluding tert-OH is 1. The van der Waals surface area contributed by atoms with Gasteiger partial charge in [0.05, 0.1) is 6.61 Å². The fourth-order valence-corrected chi connectivity index (χ4v) is 2.93. The van der Waals surface area contributed by atoms with Crippen LogP contribution in [0.5, 0.6) is 11.5 Å². The Kier molecular flexibility index (Phi) is 6.89. The Morgan fingerprint density at radius 2 is 1.81 bits per heavy atom. The van der Waals surface area contributed by atoms with E-state index in [1.54, 1.807) is 0 Å². The Labute approximate surface area is 155 Å². The van der Waals surface area contributed by atoms with Crippen LogP contribution in [0.1, 0.15) is 5.56 Å². The third-order valence-corrected chi connectivity index (χ3v) is 4.33. The van der Waals surface area contributed by atoms with Gasteiger partial charge in [-0.05, 0) is 31.2 Å². The third-order valence-electron chi connectivity index (χ3n) is 4.33. The number of aryl methyl sites for hydroxylation is 1. The minimum atomic E-state index is -0.535. The van der Waals surface area contributed by atoms with Crippen LogP contribution in [0.4, 0.5) is 0 Å². The molecule has 0 aromatic heterocycles. The molecule has 1 heterocycles. The summed E-state index contributed by atoms with van der Waals surface area (Å²) in [6, 6.07) is 17.6. The maximum atomic E-state index is 10.2. The van der Waals surface area contributed by atoms with E-state index in [2.05, 4.69) is 11.8 Å². The third kappa shape index (κ3) is 6.02. The minimum absolute atomic E-state index is 0.00675. The van der Waals surface area contributed by atoms with Gasteiger partial charge in [0.1, 0.15) is 36.9 Å². The highest BCUT2D eigenvalue weighted by Crippen LogP contribution is 2.14. The molecule has 2 atom stereocenters. The predicted octanol–water partition coefficient (Wildman–Crippen LogP) is 2.51. The normalized spacial score (nSPS) is 19.1. The van der Waals surface area contributed by atoms with Gasteiger partial charge in [-0.2, -0.15) is 0 Å². The van der Waals surface area contributed by atoms with Gasteiger partial charge in [0.25, 0.3) is 0 Å². The van der Waals surface area contributed by atoms with Crippen molar-refractivity contribution in [2.45, 2.75) is 19.1 Å². The van der Waals surface area contributed by atoms with Gasteiger partial charge in [-0.3, -0.25) is 4.90 Å². The van der Waals surface area contributed by atoms with Gasteiger partial charge >= 0.3 is 0 Å². The molecular weight excluding hydrogens is 330 g/mol. The molecule has 0 amide bonds. The second-order valence-corrected chi connectivity index (χ2v) is 6.65. The number of morpholine rings is 1. The van der Waals surface area contributed by atoms with Gasteiger partial charge in [-0.1, -0.05) is 35.9 Å². The van der Waals surface area contributed by atoms with Gasteiger partial charge in [0, 0.05) is 19.6 Å². The molecule has 0 unspecified atom stereocenters. The Bertz CT molecular complexity index is 647. The molecule has 0 bridgehead atoms. The molecule has 0 saturated carbocycles. The Balaban J connectivity index is 1.39. The first-order valence-electron chi connectivity index (χ1n) is 9.08. The molecule has 1 saturated heterocycles. The van der Waals surface area contributed by atoms with Crippen molar-refractivity contribution >= 4 is 0 Å². The molecule has 140 valence electrons. The lowest BCUT2D eigenvalue weighted by Gasteiger charge is -2.33. The average Bonchev–Trinajstić information content (AvgIpc) is 2.67. The summed E-state index contributed by atoms with van der Waals surface area (Å²) in [6.45, 7) is 5.61. The first-order valence-corrected chi connectivity index (χ1v) is 9.08. The zero-order valence-corrected chi connectivity index (χ0v) is 15.2. The lowest BCUT2D eigenvalue weighted by atomic mass is 10.2. The summed E-state index contributed by atoms with van der Waals surface area (Å²) in [5.41, 5.74) is 1.21. The maximum absolute atomic E-state index is 10.2. The molecule has 2 aromatic carbocycles. The van der Waals surface area contributed by atoms with Crippen molar-refractivity contribution in [3.63, 3.8) is 0 Å². The highest BCUT2D eigenvalue weighted by Gasteiger charge is 2.23. The number of nitrogens with zero attached hydrogens (tertiary/aromatic N) is 1. The van der Waals surface area contributed by atoms with Crippen molar-refractivity contribution in [2.75, 3.05) is 39.5 Å². The van der Waals surface area contributed by atoms with E-state index in [-0.39, 0.29) is 12.7 Å². The number of hydrogen-bond donors (Lipinski definition) is 1. The van der Waals surface area contributed by atoms with E-state index in [9.17, 15) is 5.11 Å². The fourth-order valence-electron chi connectivity index (χ4n) is 2.93. The van der Waals surface area contributed by atoms with E-state index < -0.39 is 6.10 Å². The smallest absolute Gasteiger partial charge is 0.119 e. The van der Waals surface area contributed by atoms with Crippen LogP contribution in [-0.4, -0.2) is 61.7 Å². The molecule has 0 spiro atoms. The van der Waals surface area contributed by atoms with Crippen LogP contribution in [0.15, 0.2) is 54.6 Å². The van der Waals surface area contributed by atoms with Crippen molar-refractivity contribution in [2.24, 2.45) is 0 Å². The quantitative estimate of drug-likeness (QED) is 0.787. The van der Waals surface area contributed by atoms with E-state index in [1.165, 1.54) is 5.56 Å². The van der Waals surface area contributed by atoms with Crippen LogP contribution in [-0.2, 0) is 4.74 Å². The lowest BCUT2D eigenvalue weighted by Crippen LogP contribution is -2.48. The highest BCUT2D eigenvalue weighted by molar-refractivity contribution is 5.26. The van der Waals surface area contributed by atoms with Crippen LogP contribution >= 0.6 is 0 Å². The molecule has 5 heteroatoms. The Hall–Kier alpha value is -2.08. The zero-order chi connectivity index (χ0) is 18.2. The van der Waals surface area contributed by atoms with E-state index in [0.29, 0.717) is 19.8 Å². The molecule has 1 fully saturated rings. The van der Waals surface area contributed by atoms with Crippen molar-refractivity contribution in [3.8, 4) is 11.5 Å². The van der Waals surface area contributed by atoms with Crippen molar-refractivity contribution < 1.29 is 19.3 Å². The Morgan fingerprint density at radius 3 is 2.58 bits per heavy atom. The monoisotopic (exact) mass is 357 g/mol. The van der Waals surface area contributed by atoms with E-state index in [1.807, 2.05) is 54.6 Å². The first kappa shape index (κ1) is 18.7. The van der Waals surface area contributed by atoms with Gasteiger partial charge in [-0.15, -0.1) is 0 Å². The molecular formula is C21H27NO4. The van der Waals surface area contributed by atoms with Gasteiger partial charge in [0.15, 0.2) is 0 Å². The molecule has 5 nitrogen and oxygen atoms in total. The van der Waals surface area contributed by atoms with E-state index in [0.717, 1.165) is 24.6 Å². The van der Waals surface area contributed by atoms with Crippen LogP contribution in [0.25, 0.3) is 0 Å². The lowest BCUT2D eigenvalue weighted by molar-refractivity contribution is -0.0601. The molecule has 3 rings (SSSR count). The highest BCUT2D eigenvalue weighted by atomic mass is 16.5.